The van der Waals surface area contributed by atoms with Crippen molar-refractivity contribution in [3.05, 3.63) is 59.7 Å². The highest BCUT2D eigenvalue weighted by atomic mass is 16.5. The lowest BCUT2D eigenvalue weighted by Gasteiger charge is -2.52. The Bertz CT molecular complexity index is 884. The van der Waals surface area contributed by atoms with Crippen molar-refractivity contribution in [3.8, 4) is 11.5 Å². The van der Waals surface area contributed by atoms with Crippen molar-refractivity contribution in [2.75, 3.05) is 20.8 Å². The molecule has 30 heavy (non-hydrogen) atoms. The summed E-state index contributed by atoms with van der Waals surface area (Å²) in [5, 5.41) is 11.5. The van der Waals surface area contributed by atoms with Crippen molar-refractivity contribution in [2.45, 2.75) is 50.2 Å². The zero-order valence-electron chi connectivity index (χ0n) is 17.8. The molecule has 1 saturated carbocycles. The third-order valence-corrected chi connectivity index (χ3v) is 6.84. The molecule has 160 valence electrons. The van der Waals surface area contributed by atoms with Crippen LogP contribution in [-0.4, -0.2) is 42.3 Å². The average Bonchev–Trinajstić information content (AvgIpc) is 2.78. The van der Waals surface area contributed by atoms with Crippen molar-refractivity contribution in [2.24, 2.45) is 5.92 Å². The van der Waals surface area contributed by atoms with Crippen molar-refractivity contribution in [3.63, 3.8) is 0 Å². The van der Waals surface area contributed by atoms with Gasteiger partial charge < -0.3 is 19.5 Å². The summed E-state index contributed by atoms with van der Waals surface area (Å²) >= 11 is 0. The number of fused-ring (bicyclic) bond motifs is 1. The first-order chi connectivity index (χ1) is 14.6. The maximum absolute atomic E-state index is 13.5. The van der Waals surface area contributed by atoms with Crippen LogP contribution in [0.25, 0.3) is 0 Å². The lowest BCUT2D eigenvalue weighted by atomic mass is 9.66. The fourth-order valence-electron chi connectivity index (χ4n) is 5.29. The molecule has 3 unspecified atom stereocenters. The summed E-state index contributed by atoms with van der Waals surface area (Å²) in [5.41, 5.74) is 1.19. The molecular weight excluding hydrogens is 378 g/mol. The van der Waals surface area contributed by atoms with E-state index in [1.807, 2.05) is 53.4 Å². The van der Waals surface area contributed by atoms with Crippen LogP contribution < -0.4 is 9.47 Å². The van der Waals surface area contributed by atoms with E-state index in [0.717, 1.165) is 48.3 Å². The van der Waals surface area contributed by atoms with Crippen molar-refractivity contribution < 1.29 is 19.4 Å². The Hall–Kier alpha value is -2.53. The van der Waals surface area contributed by atoms with Gasteiger partial charge >= 0.3 is 0 Å². The Kier molecular flexibility index (Phi) is 6.00. The van der Waals surface area contributed by atoms with Crippen LogP contribution in [0.3, 0.4) is 0 Å². The Morgan fingerprint density at radius 1 is 1.10 bits per heavy atom. The minimum atomic E-state index is -0.736. The smallest absolute Gasteiger partial charge is 0.227 e. The molecule has 2 aliphatic rings. The summed E-state index contributed by atoms with van der Waals surface area (Å²) < 4.78 is 11.2. The van der Waals surface area contributed by atoms with Gasteiger partial charge in [0.15, 0.2) is 0 Å². The van der Waals surface area contributed by atoms with Gasteiger partial charge in [0.2, 0.25) is 5.91 Å². The van der Waals surface area contributed by atoms with Crippen LogP contribution in [0.2, 0.25) is 0 Å². The molecular formula is C25H31NO4. The van der Waals surface area contributed by atoms with E-state index in [-0.39, 0.29) is 17.9 Å². The number of benzene rings is 2. The number of methoxy groups -OCH3 is 2. The molecule has 5 nitrogen and oxygen atoms in total. The van der Waals surface area contributed by atoms with Crippen LogP contribution in [-0.2, 0) is 11.2 Å². The van der Waals surface area contributed by atoms with Crippen LogP contribution in [0.15, 0.2) is 48.5 Å². The number of amides is 1. The summed E-state index contributed by atoms with van der Waals surface area (Å²) in [7, 11) is 3.29. The maximum atomic E-state index is 13.5. The van der Waals surface area contributed by atoms with Gasteiger partial charge in [-0.1, -0.05) is 43.2 Å². The monoisotopic (exact) mass is 409 g/mol. The van der Waals surface area contributed by atoms with E-state index in [9.17, 15) is 9.90 Å². The summed E-state index contributed by atoms with van der Waals surface area (Å²) in [4.78, 5) is 15.4. The standard InChI is InChI=1S/C25H31NO4/c1-29-19-11-12-22(30-2)20(17-19)24-21-10-6-7-13-25(21,28)14-15-26(24)23(27)16-18-8-4-3-5-9-18/h3-5,8-9,11-12,17,21,24,28H,6-7,10,13-16H2,1-2H3. The number of hydrogen-bond donors (Lipinski definition) is 1. The van der Waals surface area contributed by atoms with E-state index >= 15 is 0 Å². The molecule has 1 N–H and O–H groups in total. The highest BCUT2D eigenvalue weighted by molar-refractivity contribution is 5.79. The van der Waals surface area contributed by atoms with E-state index in [1.54, 1.807) is 14.2 Å². The fraction of sp³-hybridized carbons (Fsp3) is 0.480. The van der Waals surface area contributed by atoms with E-state index in [2.05, 4.69) is 0 Å². The quantitative estimate of drug-likeness (QED) is 0.806. The molecule has 0 aromatic heterocycles. The number of carbonyl (C=O) groups excluding carboxylic acids is 1. The zero-order chi connectivity index (χ0) is 21.1. The number of rotatable bonds is 5. The van der Waals surface area contributed by atoms with Crippen LogP contribution >= 0.6 is 0 Å². The molecule has 2 aromatic rings. The molecule has 0 spiro atoms. The third-order valence-electron chi connectivity index (χ3n) is 6.84. The van der Waals surface area contributed by atoms with Gasteiger partial charge in [-0.05, 0) is 43.0 Å². The highest BCUT2D eigenvalue weighted by Crippen LogP contribution is 2.51. The van der Waals surface area contributed by atoms with Crippen molar-refractivity contribution in [1.82, 2.24) is 4.90 Å². The number of hydrogen-bond acceptors (Lipinski definition) is 4. The topological polar surface area (TPSA) is 59.0 Å². The van der Waals surface area contributed by atoms with Crippen LogP contribution in [0.1, 0.15) is 49.3 Å². The van der Waals surface area contributed by atoms with Gasteiger partial charge in [0.1, 0.15) is 11.5 Å². The second kappa shape index (κ2) is 8.68. The number of likely N-dealkylation sites (tertiary alicyclic amines) is 1. The molecule has 2 aromatic carbocycles. The molecule has 4 rings (SSSR count). The molecule has 1 heterocycles. The van der Waals surface area contributed by atoms with Gasteiger partial charge in [-0.15, -0.1) is 0 Å². The molecule has 3 atom stereocenters. The maximum Gasteiger partial charge on any atom is 0.227 e. The van der Waals surface area contributed by atoms with Gasteiger partial charge in [0, 0.05) is 18.0 Å². The van der Waals surface area contributed by atoms with E-state index in [0.29, 0.717) is 19.4 Å². The second-order valence-electron chi connectivity index (χ2n) is 8.51. The minimum Gasteiger partial charge on any atom is -0.497 e. The average molecular weight is 410 g/mol. The Morgan fingerprint density at radius 2 is 1.90 bits per heavy atom. The molecule has 0 radical (unpaired) electrons. The molecule has 1 amide bonds. The van der Waals surface area contributed by atoms with E-state index in [4.69, 9.17) is 9.47 Å². The number of ether oxygens (including phenoxy) is 2. The molecule has 1 aliphatic heterocycles. The minimum absolute atomic E-state index is 0.0132. The SMILES string of the molecule is COc1ccc(OC)c(C2C3CCCCC3(O)CCN2C(=O)Cc2ccccc2)c1. The molecule has 0 bridgehead atoms. The molecule has 2 fully saturated rings. The van der Waals surface area contributed by atoms with Crippen molar-refractivity contribution >= 4 is 5.91 Å². The Balaban J connectivity index is 1.74. The van der Waals surface area contributed by atoms with Crippen molar-refractivity contribution in [1.29, 1.82) is 0 Å². The lowest BCUT2D eigenvalue weighted by Crippen LogP contribution is -2.56. The summed E-state index contributed by atoms with van der Waals surface area (Å²) in [6, 6.07) is 15.3. The zero-order valence-corrected chi connectivity index (χ0v) is 17.8. The van der Waals surface area contributed by atoms with Crippen LogP contribution in [0.4, 0.5) is 0 Å². The molecule has 5 heteroatoms. The molecule has 1 saturated heterocycles. The summed E-state index contributed by atoms with van der Waals surface area (Å²) in [6.07, 6.45) is 4.77. The van der Waals surface area contributed by atoms with Gasteiger partial charge in [-0.3, -0.25) is 4.79 Å². The number of aliphatic hydroxyl groups is 1. The number of piperidine rings is 1. The Labute approximate surface area is 178 Å². The first-order valence-corrected chi connectivity index (χ1v) is 10.8. The molecule has 1 aliphatic carbocycles. The van der Waals surface area contributed by atoms with Crippen LogP contribution in [0.5, 0.6) is 11.5 Å². The summed E-state index contributed by atoms with van der Waals surface area (Å²) in [5.74, 6) is 1.53. The normalized spacial score (nSPS) is 26.0. The van der Waals surface area contributed by atoms with Gasteiger partial charge in [0.05, 0.1) is 32.3 Å². The predicted molar refractivity (Wildman–Crippen MR) is 116 cm³/mol. The Morgan fingerprint density at radius 3 is 2.63 bits per heavy atom. The highest BCUT2D eigenvalue weighted by Gasteiger charge is 2.50. The summed E-state index contributed by atoms with van der Waals surface area (Å²) in [6.45, 7) is 0.545. The van der Waals surface area contributed by atoms with Crippen LogP contribution in [0, 0.1) is 5.92 Å². The first kappa shape index (κ1) is 20.7. The van der Waals surface area contributed by atoms with Gasteiger partial charge in [-0.2, -0.15) is 0 Å². The fourth-order valence-corrected chi connectivity index (χ4v) is 5.29. The van der Waals surface area contributed by atoms with E-state index < -0.39 is 5.60 Å². The second-order valence-corrected chi connectivity index (χ2v) is 8.51. The third kappa shape index (κ3) is 3.91. The van der Waals surface area contributed by atoms with E-state index in [1.165, 1.54) is 0 Å². The van der Waals surface area contributed by atoms with Gasteiger partial charge in [-0.25, -0.2) is 0 Å². The number of nitrogens with zero attached hydrogens (tertiary/aromatic N) is 1. The van der Waals surface area contributed by atoms with Gasteiger partial charge in [0.25, 0.3) is 0 Å². The first-order valence-electron chi connectivity index (χ1n) is 10.8. The predicted octanol–water partition coefficient (Wildman–Crippen LogP) is 4.14. The largest absolute Gasteiger partial charge is 0.497 e. The lowest BCUT2D eigenvalue weighted by molar-refractivity contribution is -0.154. The number of carbonyl (C=O) groups is 1.